The van der Waals surface area contributed by atoms with E-state index in [1.165, 1.54) is 11.1 Å². The van der Waals surface area contributed by atoms with Crippen LogP contribution in [0.4, 0.5) is 0 Å². The highest BCUT2D eigenvalue weighted by Crippen LogP contribution is 2.25. The minimum absolute atomic E-state index is 0.0120. The summed E-state index contributed by atoms with van der Waals surface area (Å²) in [4.78, 5) is 19.6. The topological polar surface area (TPSA) is 42.4 Å². The normalized spacial score (nSPS) is 11.1. The first-order valence-electron chi connectivity index (χ1n) is 10.4. The molecule has 3 aromatic rings. The first-order valence-corrected chi connectivity index (χ1v) is 11.7. The number of halogens is 1. The van der Waals surface area contributed by atoms with Crippen LogP contribution in [0.2, 0.25) is 5.02 Å². The molecule has 1 aromatic heterocycles. The minimum atomic E-state index is -0.0120. The van der Waals surface area contributed by atoms with Crippen LogP contribution in [0.15, 0.2) is 41.8 Å². The molecule has 31 heavy (non-hydrogen) atoms. The number of benzene rings is 2. The lowest BCUT2D eigenvalue weighted by Crippen LogP contribution is -2.33. The summed E-state index contributed by atoms with van der Waals surface area (Å²) in [7, 11) is 0. The van der Waals surface area contributed by atoms with Gasteiger partial charge in [-0.15, -0.1) is 11.3 Å². The van der Waals surface area contributed by atoms with E-state index in [9.17, 15) is 4.79 Å². The smallest absolute Gasteiger partial charge is 0.254 e. The summed E-state index contributed by atoms with van der Waals surface area (Å²) >= 11 is 7.53. The largest absolute Gasteiger partial charge is 0.486 e. The number of amides is 1. The van der Waals surface area contributed by atoms with Crippen LogP contribution in [-0.4, -0.2) is 22.3 Å². The third-order valence-electron chi connectivity index (χ3n) is 5.03. The van der Waals surface area contributed by atoms with Crippen LogP contribution in [0.25, 0.3) is 0 Å². The molecule has 0 atom stereocenters. The molecule has 0 aliphatic rings. The molecule has 0 spiro atoms. The molecule has 0 N–H and O–H groups in total. The van der Waals surface area contributed by atoms with Gasteiger partial charge in [0.25, 0.3) is 5.91 Å². The maximum Gasteiger partial charge on any atom is 0.254 e. The maximum atomic E-state index is 13.0. The second-order valence-corrected chi connectivity index (χ2v) is 9.69. The van der Waals surface area contributed by atoms with Gasteiger partial charge in [-0.25, -0.2) is 4.98 Å². The van der Waals surface area contributed by atoms with Crippen molar-refractivity contribution < 1.29 is 9.53 Å². The zero-order chi connectivity index (χ0) is 22.5. The Labute approximate surface area is 193 Å². The summed E-state index contributed by atoms with van der Waals surface area (Å²) in [5, 5.41) is 3.53. The number of carbonyl (C=O) groups is 1. The number of rotatable bonds is 8. The number of nitrogens with zero attached hydrogens (tertiary/aromatic N) is 2. The van der Waals surface area contributed by atoms with Crippen LogP contribution in [-0.2, 0) is 13.2 Å². The summed E-state index contributed by atoms with van der Waals surface area (Å²) in [5.41, 5.74) is 5.07. The van der Waals surface area contributed by atoms with E-state index in [0.717, 1.165) is 22.0 Å². The van der Waals surface area contributed by atoms with Crippen LogP contribution in [0.3, 0.4) is 0 Å². The van der Waals surface area contributed by atoms with Crippen LogP contribution in [0.5, 0.6) is 5.75 Å². The zero-order valence-electron chi connectivity index (χ0n) is 18.7. The lowest BCUT2D eigenvalue weighted by Gasteiger charge is -2.24. The van der Waals surface area contributed by atoms with Crippen molar-refractivity contribution in [2.45, 2.75) is 47.8 Å². The molecule has 3 rings (SSSR count). The highest BCUT2D eigenvalue weighted by atomic mass is 35.5. The van der Waals surface area contributed by atoms with Crippen molar-refractivity contribution in [3.05, 3.63) is 79.8 Å². The van der Waals surface area contributed by atoms with Gasteiger partial charge in [0.05, 0.1) is 12.2 Å². The fourth-order valence-electron chi connectivity index (χ4n) is 3.41. The molecule has 4 nitrogen and oxygen atoms in total. The second kappa shape index (κ2) is 10.3. The fraction of sp³-hybridized carbons (Fsp3) is 0.360. The summed E-state index contributed by atoms with van der Waals surface area (Å²) in [6, 6.07) is 11.2. The van der Waals surface area contributed by atoms with Gasteiger partial charge in [-0.05, 0) is 73.7 Å². The number of aryl methyl sites for hydroxylation is 2. The van der Waals surface area contributed by atoms with Crippen LogP contribution < -0.4 is 4.74 Å². The Bertz CT molecular complexity index is 1040. The number of hydrogen-bond acceptors (Lipinski definition) is 4. The monoisotopic (exact) mass is 456 g/mol. The molecule has 0 saturated heterocycles. The van der Waals surface area contributed by atoms with E-state index in [-0.39, 0.29) is 5.91 Å². The van der Waals surface area contributed by atoms with Crippen LogP contribution in [0, 0.1) is 26.7 Å². The van der Waals surface area contributed by atoms with Gasteiger partial charge in [-0.3, -0.25) is 4.79 Å². The highest BCUT2D eigenvalue weighted by Gasteiger charge is 2.19. The molecule has 1 amide bonds. The van der Waals surface area contributed by atoms with Crippen molar-refractivity contribution >= 4 is 28.8 Å². The van der Waals surface area contributed by atoms with Gasteiger partial charge < -0.3 is 9.64 Å². The van der Waals surface area contributed by atoms with E-state index in [1.54, 1.807) is 35.6 Å². The van der Waals surface area contributed by atoms with Gasteiger partial charge in [0.1, 0.15) is 17.4 Å². The quantitative estimate of drug-likeness (QED) is 0.383. The molecule has 2 aromatic carbocycles. The molecule has 164 valence electrons. The van der Waals surface area contributed by atoms with E-state index >= 15 is 0 Å². The molecule has 0 radical (unpaired) electrons. The molecule has 0 unspecified atom stereocenters. The predicted octanol–water partition coefficient (Wildman–Crippen LogP) is 6.60. The summed E-state index contributed by atoms with van der Waals surface area (Å²) in [6.45, 7) is 12.0. The number of carbonyl (C=O) groups excluding carboxylic acids is 1. The van der Waals surface area contributed by atoms with Crippen LogP contribution >= 0.6 is 22.9 Å². The van der Waals surface area contributed by atoms with Crippen molar-refractivity contribution in [1.82, 2.24) is 9.88 Å². The SMILES string of the molecule is Cc1cc(C)c(C)c(OCc2nc(CN(CC(C)C)C(=O)c3ccc(Cl)cc3)cs2)c1. The standard InChI is InChI=1S/C25H29ClN2O2S/c1-16(2)12-28(25(29)20-6-8-21(26)9-7-20)13-22-15-31-24(27-22)14-30-23-11-17(3)10-18(4)19(23)5/h6-11,15-16H,12-14H2,1-5H3. The molecular weight excluding hydrogens is 428 g/mol. The Morgan fingerprint density at radius 3 is 2.55 bits per heavy atom. The fourth-order valence-corrected chi connectivity index (χ4v) is 4.23. The van der Waals surface area contributed by atoms with E-state index in [4.69, 9.17) is 21.3 Å². The van der Waals surface area contributed by atoms with Gasteiger partial charge in [-0.1, -0.05) is 31.5 Å². The molecule has 6 heteroatoms. The van der Waals surface area contributed by atoms with E-state index < -0.39 is 0 Å². The number of ether oxygens (including phenoxy) is 1. The number of aromatic nitrogens is 1. The van der Waals surface area contributed by atoms with Gasteiger partial charge in [0.15, 0.2) is 0 Å². The third-order valence-corrected chi connectivity index (χ3v) is 6.15. The second-order valence-electron chi connectivity index (χ2n) is 8.31. The van der Waals surface area contributed by atoms with Crippen molar-refractivity contribution in [3.63, 3.8) is 0 Å². The number of hydrogen-bond donors (Lipinski definition) is 0. The average Bonchev–Trinajstić information content (AvgIpc) is 3.16. The zero-order valence-corrected chi connectivity index (χ0v) is 20.3. The highest BCUT2D eigenvalue weighted by molar-refractivity contribution is 7.09. The van der Waals surface area contributed by atoms with Crippen molar-refractivity contribution in [1.29, 1.82) is 0 Å². The van der Waals surface area contributed by atoms with Crippen molar-refractivity contribution in [3.8, 4) is 5.75 Å². The van der Waals surface area contributed by atoms with Gasteiger partial charge >= 0.3 is 0 Å². The molecule has 0 bridgehead atoms. The summed E-state index contributed by atoms with van der Waals surface area (Å²) < 4.78 is 6.05. The first-order chi connectivity index (χ1) is 14.7. The lowest BCUT2D eigenvalue weighted by molar-refractivity contribution is 0.0720. The minimum Gasteiger partial charge on any atom is -0.486 e. The predicted molar refractivity (Wildman–Crippen MR) is 128 cm³/mol. The summed E-state index contributed by atoms with van der Waals surface area (Å²) in [6.07, 6.45) is 0. The van der Waals surface area contributed by atoms with Crippen molar-refractivity contribution in [2.24, 2.45) is 5.92 Å². The Balaban J connectivity index is 1.69. The van der Waals surface area contributed by atoms with Gasteiger partial charge in [-0.2, -0.15) is 0 Å². The Kier molecular flexibility index (Phi) is 7.74. The van der Waals surface area contributed by atoms with E-state index in [1.807, 2.05) is 10.3 Å². The maximum absolute atomic E-state index is 13.0. The summed E-state index contributed by atoms with van der Waals surface area (Å²) in [5.74, 6) is 1.24. The van der Waals surface area contributed by atoms with Crippen molar-refractivity contribution in [2.75, 3.05) is 6.54 Å². The molecule has 0 aliphatic carbocycles. The molecule has 0 saturated carbocycles. The molecule has 0 aliphatic heterocycles. The third kappa shape index (κ3) is 6.31. The average molecular weight is 457 g/mol. The van der Waals surface area contributed by atoms with E-state index in [0.29, 0.717) is 36.2 Å². The molecule has 1 heterocycles. The van der Waals surface area contributed by atoms with Gasteiger partial charge in [0, 0.05) is 22.5 Å². The van der Waals surface area contributed by atoms with E-state index in [2.05, 4.69) is 46.8 Å². The Morgan fingerprint density at radius 2 is 1.87 bits per heavy atom. The first kappa shape index (κ1) is 23.3. The van der Waals surface area contributed by atoms with Crippen LogP contribution in [0.1, 0.15) is 51.6 Å². The Morgan fingerprint density at radius 1 is 1.16 bits per heavy atom. The number of thiazole rings is 1. The van der Waals surface area contributed by atoms with Gasteiger partial charge in [0.2, 0.25) is 0 Å². The Hall–Kier alpha value is -2.37. The lowest BCUT2D eigenvalue weighted by atomic mass is 10.1. The molecular formula is C25H29ClN2O2S. The molecule has 0 fully saturated rings.